The molecule has 0 bridgehead atoms. The molecule has 4 aromatic rings. The topological polar surface area (TPSA) is 103 Å². The van der Waals surface area contributed by atoms with Gasteiger partial charge in [-0.15, -0.1) is 0 Å². The number of carboxylic acid groups (broad SMARTS) is 1. The van der Waals surface area contributed by atoms with Gasteiger partial charge in [0.25, 0.3) is 0 Å². The second-order valence-corrected chi connectivity index (χ2v) is 9.76. The molecule has 0 saturated carbocycles. The molecule has 214 valence electrons. The monoisotopic (exact) mass is 595 g/mol. The second-order valence-electron chi connectivity index (χ2n) is 9.32. The molecule has 1 heterocycles. The summed E-state index contributed by atoms with van der Waals surface area (Å²) < 4.78 is 53.3. The molecule has 1 aromatic heterocycles. The van der Waals surface area contributed by atoms with Crippen molar-refractivity contribution in [2.24, 2.45) is 0 Å². The maximum absolute atomic E-state index is 13.8. The zero-order valence-corrected chi connectivity index (χ0v) is 22.6. The lowest BCUT2D eigenvalue weighted by atomic mass is 9.97. The average molecular weight is 596 g/mol. The smallest absolute Gasteiger partial charge is 0.419 e. The molecule has 42 heavy (non-hydrogen) atoms. The Labute approximate surface area is 243 Å². The van der Waals surface area contributed by atoms with Gasteiger partial charge in [0.05, 0.1) is 17.2 Å². The summed E-state index contributed by atoms with van der Waals surface area (Å²) in [5, 5.41) is 22.1. The van der Waals surface area contributed by atoms with Gasteiger partial charge in [0.2, 0.25) is 0 Å². The molecule has 0 unspecified atom stereocenters. The lowest BCUT2D eigenvalue weighted by Gasteiger charge is -2.14. The molecule has 0 aliphatic carbocycles. The largest absolute Gasteiger partial charge is 0.481 e. The summed E-state index contributed by atoms with van der Waals surface area (Å²) in [6.07, 6.45) is -3.17. The van der Waals surface area contributed by atoms with Gasteiger partial charge >= 0.3 is 12.1 Å². The van der Waals surface area contributed by atoms with Crippen LogP contribution in [0, 0.1) is 17.1 Å². The third-order valence-electron chi connectivity index (χ3n) is 6.43. The third-order valence-corrected chi connectivity index (χ3v) is 6.67. The molecule has 0 saturated heterocycles. The van der Waals surface area contributed by atoms with Crippen LogP contribution in [0.3, 0.4) is 0 Å². The summed E-state index contributed by atoms with van der Waals surface area (Å²) in [7, 11) is 0. The lowest BCUT2D eigenvalue weighted by Crippen LogP contribution is -2.08. The van der Waals surface area contributed by atoms with Gasteiger partial charge < -0.3 is 10.4 Å². The van der Waals surface area contributed by atoms with E-state index in [9.17, 15) is 32.4 Å². The number of aromatic nitrogens is 1. The van der Waals surface area contributed by atoms with Crippen LogP contribution in [0.1, 0.15) is 46.4 Å². The number of hydrogen-bond donors (Lipinski definition) is 2. The number of carbonyl (C=O) groups is 2. The van der Waals surface area contributed by atoms with Crippen LogP contribution in [0.5, 0.6) is 0 Å². The summed E-state index contributed by atoms with van der Waals surface area (Å²) in [5.74, 6) is -2.63. The Bertz CT molecular complexity index is 1680. The van der Waals surface area contributed by atoms with Gasteiger partial charge in [-0.05, 0) is 71.1 Å². The van der Waals surface area contributed by atoms with Crippen molar-refractivity contribution in [2.45, 2.75) is 32.0 Å². The molecule has 0 spiro atoms. The van der Waals surface area contributed by atoms with Crippen LogP contribution < -0.4 is 5.32 Å². The van der Waals surface area contributed by atoms with E-state index in [0.717, 1.165) is 17.2 Å². The van der Waals surface area contributed by atoms with E-state index in [2.05, 4.69) is 10.3 Å². The highest BCUT2D eigenvalue weighted by Gasteiger charge is 2.34. The minimum atomic E-state index is -4.88. The quantitative estimate of drug-likeness (QED) is 0.142. The number of hydrogen-bond acceptors (Lipinski definition) is 5. The first-order chi connectivity index (χ1) is 20.0. The molecule has 6 nitrogen and oxygen atoms in total. The van der Waals surface area contributed by atoms with Gasteiger partial charge in [-0.25, -0.2) is 4.39 Å². The van der Waals surface area contributed by atoms with Crippen molar-refractivity contribution in [3.8, 4) is 28.3 Å². The summed E-state index contributed by atoms with van der Waals surface area (Å²) >= 11 is 6.24. The minimum Gasteiger partial charge on any atom is -0.481 e. The average Bonchev–Trinajstić information content (AvgIpc) is 2.96. The van der Waals surface area contributed by atoms with Crippen molar-refractivity contribution >= 4 is 29.0 Å². The fourth-order valence-corrected chi connectivity index (χ4v) is 4.50. The molecule has 0 fully saturated rings. The maximum atomic E-state index is 13.8. The van der Waals surface area contributed by atoms with Crippen molar-refractivity contribution < 1.29 is 32.3 Å². The molecule has 2 N–H and O–H groups in total. The Morgan fingerprint density at radius 3 is 2.38 bits per heavy atom. The number of carboxylic acids is 1. The van der Waals surface area contributed by atoms with Crippen molar-refractivity contribution in [1.29, 1.82) is 5.26 Å². The van der Waals surface area contributed by atoms with E-state index < -0.39 is 23.5 Å². The van der Waals surface area contributed by atoms with E-state index in [4.69, 9.17) is 16.7 Å². The van der Waals surface area contributed by atoms with E-state index in [1.807, 2.05) is 6.07 Å². The van der Waals surface area contributed by atoms with Crippen molar-refractivity contribution in [3.63, 3.8) is 0 Å². The molecular weight excluding hydrogens is 574 g/mol. The molecule has 4 rings (SSSR count). The Morgan fingerprint density at radius 1 is 0.952 bits per heavy atom. The van der Waals surface area contributed by atoms with Gasteiger partial charge in [0.15, 0.2) is 5.78 Å². The molecule has 0 radical (unpaired) electrons. The number of nitriles is 1. The molecule has 3 aromatic carbocycles. The second kappa shape index (κ2) is 12.8. The van der Waals surface area contributed by atoms with E-state index >= 15 is 0 Å². The number of alkyl halides is 3. The van der Waals surface area contributed by atoms with Crippen LogP contribution in [0.4, 0.5) is 23.2 Å². The molecule has 11 heteroatoms. The van der Waals surface area contributed by atoms with Crippen molar-refractivity contribution in [1.82, 2.24) is 4.98 Å². The zero-order chi connectivity index (χ0) is 30.4. The fraction of sp³-hybridized carbons (Fsp3) is 0.161. The number of halogens is 5. The summed E-state index contributed by atoms with van der Waals surface area (Å²) in [6.45, 7) is 0.279. The number of Topliss-reactive ketones (excluding diaryl/α,β-unsaturated/α-hetero) is 1. The predicted molar refractivity (Wildman–Crippen MR) is 149 cm³/mol. The predicted octanol–water partition coefficient (Wildman–Crippen LogP) is 8.15. The fourth-order valence-electron chi connectivity index (χ4n) is 4.32. The van der Waals surface area contributed by atoms with Crippen LogP contribution in [-0.4, -0.2) is 21.8 Å². The highest BCUT2D eigenvalue weighted by atomic mass is 35.5. The van der Waals surface area contributed by atoms with Crippen LogP contribution in [0.15, 0.2) is 72.9 Å². The van der Waals surface area contributed by atoms with E-state index in [-0.39, 0.29) is 54.0 Å². The van der Waals surface area contributed by atoms with E-state index in [1.54, 1.807) is 36.4 Å². The number of aliphatic carboxylic acids is 1. The number of benzene rings is 3. The van der Waals surface area contributed by atoms with E-state index in [0.29, 0.717) is 22.3 Å². The zero-order valence-electron chi connectivity index (χ0n) is 21.8. The molecule has 0 aliphatic rings. The normalized spacial score (nSPS) is 11.1. The Morgan fingerprint density at radius 2 is 1.71 bits per heavy atom. The van der Waals surface area contributed by atoms with Crippen LogP contribution in [0.2, 0.25) is 5.02 Å². The standard InChI is InChI=1S/C31H22ClF4N3O3/c32-22-7-4-19(25(14-22)20-6-11-28(39-17-20)29(40)2-1-3-30(41)42)16-38-23-8-9-24(21(12-23)15-37)18-5-10-27(33)26(13-18)31(34,35)36/h4-14,17,38H,1-3,16H2,(H,41,42). The molecule has 0 amide bonds. The van der Waals surface area contributed by atoms with Gasteiger partial charge in [0.1, 0.15) is 11.5 Å². The Balaban J connectivity index is 1.53. The van der Waals surface area contributed by atoms with Crippen molar-refractivity contribution in [3.05, 3.63) is 106 Å². The lowest BCUT2D eigenvalue weighted by molar-refractivity contribution is -0.140. The first kappa shape index (κ1) is 30.2. The van der Waals surface area contributed by atoms with Crippen LogP contribution >= 0.6 is 11.6 Å². The Kier molecular flexibility index (Phi) is 9.23. The van der Waals surface area contributed by atoms with Gasteiger partial charge in [-0.2, -0.15) is 18.4 Å². The summed E-state index contributed by atoms with van der Waals surface area (Å²) in [5.41, 5.74) is 1.94. The van der Waals surface area contributed by atoms with Crippen LogP contribution in [0.25, 0.3) is 22.3 Å². The van der Waals surface area contributed by atoms with E-state index in [1.165, 1.54) is 24.4 Å². The SMILES string of the molecule is N#Cc1cc(NCc2ccc(Cl)cc2-c2ccc(C(=O)CCCC(=O)O)nc2)ccc1-c1ccc(F)c(C(F)(F)F)c1. The van der Waals surface area contributed by atoms with Crippen LogP contribution in [-0.2, 0) is 17.5 Å². The molecule has 0 aliphatic heterocycles. The van der Waals surface area contributed by atoms with Gasteiger partial charge in [-0.3, -0.25) is 14.6 Å². The first-order valence-corrected chi connectivity index (χ1v) is 13.0. The molecule has 0 atom stereocenters. The third kappa shape index (κ3) is 7.30. The Hall–Kier alpha value is -4.75. The number of anilines is 1. The minimum absolute atomic E-state index is 0.0585. The number of nitrogens with one attached hydrogen (secondary N) is 1. The number of carbonyl (C=O) groups excluding carboxylic acids is 1. The number of rotatable bonds is 10. The molecular formula is C31H22ClF4N3O3. The maximum Gasteiger partial charge on any atom is 0.419 e. The number of nitrogens with zero attached hydrogens (tertiary/aromatic N) is 2. The van der Waals surface area contributed by atoms with Gasteiger partial charge in [0, 0.05) is 41.9 Å². The summed E-state index contributed by atoms with van der Waals surface area (Å²) in [6, 6.07) is 17.7. The van der Waals surface area contributed by atoms with Gasteiger partial charge in [-0.1, -0.05) is 35.9 Å². The summed E-state index contributed by atoms with van der Waals surface area (Å²) in [4.78, 5) is 27.2. The highest BCUT2D eigenvalue weighted by Crippen LogP contribution is 2.36. The number of ketones is 1. The van der Waals surface area contributed by atoms with Crippen molar-refractivity contribution in [2.75, 3.05) is 5.32 Å². The highest BCUT2D eigenvalue weighted by molar-refractivity contribution is 6.30. The first-order valence-electron chi connectivity index (χ1n) is 12.6. The number of pyridine rings is 1.